The van der Waals surface area contributed by atoms with Crippen LogP contribution in [-0.2, 0) is 0 Å². The molecule has 0 amide bonds. The lowest BCUT2D eigenvalue weighted by Gasteiger charge is -1.65. The number of rotatable bonds is 0. The summed E-state index contributed by atoms with van der Waals surface area (Å²) >= 11 is 2.93. The zero-order valence-electron chi connectivity index (χ0n) is 3.32. The lowest BCUT2D eigenvalue weighted by atomic mass is 10.6. The van der Waals surface area contributed by atoms with Crippen molar-refractivity contribution in [2.75, 3.05) is 0 Å². The molecule has 1 nitrogen and oxygen atoms in total. The summed E-state index contributed by atoms with van der Waals surface area (Å²) < 4.78 is 16.7. The molecule has 38 valence electrons. The summed E-state index contributed by atoms with van der Waals surface area (Å²) in [5.74, 6) is -0.355. The molecule has 0 unspecified atom stereocenters. The summed E-state index contributed by atoms with van der Waals surface area (Å²) in [4.78, 5) is 0. The molecule has 0 saturated carbocycles. The largest absolute Gasteiger partial charge is 0.454 e. The Morgan fingerprint density at radius 1 is 1.71 bits per heavy atom. The van der Waals surface area contributed by atoms with Crippen LogP contribution in [0.15, 0.2) is 21.4 Å². The van der Waals surface area contributed by atoms with E-state index in [0.29, 0.717) is 4.67 Å². The first-order valence-electron chi connectivity index (χ1n) is 1.68. The molecule has 0 aliphatic carbocycles. The highest BCUT2D eigenvalue weighted by Gasteiger charge is 1.92. The van der Waals surface area contributed by atoms with E-state index in [1.165, 1.54) is 6.07 Å². The van der Waals surface area contributed by atoms with Crippen molar-refractivity contribution in [2.45, 2.75) is 0 Å². The van der Waals surface area contributed by atoms with Gasteiger partial charge in [0.15, 0.2) is 10.5 Å². The topological polar surface area (TPSA) is 13.1 Å². The Morgan fingerprint density at radius 2 is 2.43 bits per heavy atom. The zero-order chi connectivity index (χ0) is 5.28. The average Bonchev–Trinajstić information content (AvgIpc) is 1.87. The highest BCUT2D eigenvalue weighted by Crippen LogP contribution is 2.11. The fourth-order valence-electron chi connectivity index (χ4n) is 0.289. The van der Waals surface area contributed by atoms with Gasteiger partial charge in [0.25, 0.3) is 0 Å². The molecule has 0 saturated heterocycles. The predicted octanol–water partition coefficient (Wildman–Crippen LogP) is 2.18. The Hall–Kier alpha value is -0.310. The van der Waals surface area contributed by atoms with Crippen LogP contribution in [-0.4, -0.2) is 0 Å². The Kier molecular flexibility index (Phi) is 1.15. The number of furan rings is 1. The second kappa shape index (κ2) is 1.66. The van der Waals surface area contributed by atoms with Gasteiger partial charge in [-0.2, -0.15) is 0 Å². The number of hydrogen-bond acceptors (Lipinski definition) is 1. The van der Waals surface area contributed by atoms with Crippen LogP contribution >= 0.6 is 15.9 Å². The Bertz CT molecular complexity index is 144. The maximum absolute atomic E-state index is 11.8. The molecule has 0 spiro atoms. The van der Waals surface area contributed by atoms with Gasteiger partial charge in [-0.3, -0.25) is 0 Å². The summed E-state index contributed by atoms with van der Waals surface area (Å²) in [5.41, 5.74) is 0. The zero-order valence-corrected chi connectivity index (χ0v) is 4.90. The number of halogens is 2. The van der Waals surface area contributed by atoms with Gasteiger partial charge < -0.3 is 4.42 Å². The van der Waals surface area contributed by atoms with E-state index in [4.69, 9.17) is 0 Å². The van der Waals surface area contributed by atoms with Gasteiger partial charge in [-0.1, -0.05) is 0 Å². The molecule has 1 aromatic rings. The summed E-state index contributed by atoms with van der Waals surface area (Å²) in [6.07, 6.45) is 1.03. The number of hydrogen-bond donors (Lipinski definition) is 0. The molecular weight excluding hydrogens is 163 g/mol. The third-order valence-electron chi connectivity index (χ3n) is 0.535. The van der Waals surface area contributed by atoms with Gasteiger partial charge in [0, 0.05) is 6.07 Å². The summed E-state index contributed by atoms with van der Waals surface area (Å²) in [5, 5.41) is 0. The fraction of sp³-hybridized carbons (Fsp3) is 0. The minimum atomic E-state index is -0.355. The van der Waals surface area contributed by atoms with Crippen LogP contribution in [0.25, 0.3) is 0 Å². The second-order valence-electron chi connectivity index (χ2n) is 1.07. The summed E-state index contributed by atoms with van der Waals surface area (Å²) in [6, 6.07) is 1.25. The quantitative estimate of drug-likeness (QED) is 0.574. The van der Waals surface area contributed by atoms with Gasteiger partial charge in [-0.15, -0.1) is 0 Å². The molecule has 0 N–H and O–H groups in total. The van der Waals surface area contributed by atoms with Crippen LogP contribution in [0.3, 0.4) is 0 Å². The van der Waals surface area contributed by atoms with Gasteiger partial charge in [0.1, 0.15) is 6.26 Å². The first kappa shape index (κ1) is 4.84. The lowest BCUT2D eigenvalue weighted by molar-refractivity contribution is 0.515. The second-order valence-corrected chi connectivity index (χ2v) is 1.85. The van der Waals surface area contributed by atoms with E-state index in [0.717, 1.165) is 6.26 Å². The first-order valence-corrected chi connectivity index (χ1v) is 2.48. The maximum Gasteiger partial charge on any atom is 0.172 e. The SMILES string of the molecule is Fc1coc(Br)c1. The van der Waals surface area contributed by atoms with Crippen molar-refractivity contribution < 1.29 is 8.81 Å². The van der Waals surface area contributed by atoms with E-state index in [-0.39, 0.29) is 5.82 Å². The fourth-order valence-corrected chi connectivity index (χ4v) is 0.601. The molecule has 0 aromatic carbocycles. The molecule has 3 heteroatoms. The normalized spacial score (nSPS) is 9.43. The molecule has 1 aromatic heterocycles. The summed E-state index contributed by atoms with van der Waals surface area (Å²) in [6.45, 7) is 0. The van der Waals surface area contributed by atoms with E-state index >= 15 is 0 Å². The van der Waals surface area contributed by atoms with Crippen LogP contribution in [0.4, 0.5) is 4.39 Å². The third kappa shape index (κ3) is 1.03. The third-order valence-corrected chi connectivity index (χ3v) is 0.951. The molecule has 0 aliphatic rings. The predicted molar refractivity (Wildman–Crippen MR) is 26.4 cm³/mol. The van der Waals surface area contributed by atoms with Crippen molar-refractivity contribution in [2.24, 2.45) is 0 Å². The Labute approximate surface area is 48.3 Å². The molecule has 0 fully saturated rings. The van der Waals surface area contributed by atoms with Crippen LogP contribution in [0.5, 0.6) is 0 Å². The van der Waals surface area contributed by atoms with Gasteiger partial charge in [0.05, 0.1) is 0 Å². The Morgan fingerprint density at radius 3 is 2.57 bits per heavy atom. The molecule has 7 heavy (non-hydrogen) atoms. The average molecular weight is 165 g/mol. The van der Waals surface area contributed by atoms with E-state index in [1.54, 1.807) is 0 Å². The molecule has 0 bridgehead atoms. The summed E-state index contributed by atoms with van der Waals surface area (Å²) in [7, 11) is 0. The van der Waals surface area contributed by atoms with Crippen molar-refractivity contribution in [3.05, 3.63) is 22.8 Å². The van der Waals surface area contributed by atoms with Crippen molar-refractivity contribution in [3.63, 3.8) is 0 Å². The monoisotopic (exact) mass is 164 g/mol. The standard InChI is InChI=1S/C4H2BrFO/c5-4-1-3(6)2-7-4/h1-2H. The highest BCUT2D eigenvalue weighted by molar-refractivity contribution is 9.10. The minimum Gasteiger partial charge on any atom is -0.454 e. The van der Waals surface area contributed by atoms with E-state index in [2.05, 4.69) is 20.3 Å². The van der Waals surface area contributed by atoms with Crippen molar-refractivity contribution in [3.8, 4) is 0 Å². The molecular formula is C4H2BrFO. The van der Waals surface area contributed by atoms with Gasteiger partial charge in [-0.05, 0) is 15.9 Å². The van der Waals surface area contributed by atoms with Crippen LogP contribution in [0.1, 0.15) is 0 Å². The van der Waals surface area contributed by atoms with Crippen molar-refractivity contribution in [1.29, 1.82) is 0 Å². The minimum absolute atomic E-state index is 0.355. The van der Waals surface area contributed by atoms with E-state index in [1.807, 2.05) is 0 Å². The van der Waals surface area contributed by atoms with E-state index < -0.39 is 0 Å². The van der Waals surface area contributed by atoms with Gasteiger partial charge >= 0.3 is 0 Å². The smallest absolute Gasteiger partial charge is 0.172 e. The van der Waals surface area contributed by atoms with E-state index in [9.17, 15) is 4.39 Å². The molecule has 0 radical (unpaired) electrons. The molecule has 1 heterocycles. The van der Waals surface area contributed by atoms with Crippen LogP contribution < -0.4 is 0 Å². The van der Waals surface area contributed by atoms with Crippen molar-refractivity contribution >= 4 is 15.9 Å². The van der Waals surface area contributed by atoms with Gasteiger partial charge in [0.2, 0.25) is 0 Å². The first-order chi connectivity index (χ1) is 3.29. The lowest BCUT2D eigenvalue weighted by Crippen LogP contribution is -1.50. The maximum atomic E-state index is 11.8. The molecule has 1 rings (SSSR count). The van der Waals surface area contributed by atoms with Crippen LogP contribution in [0.2, 0.25) is 0 Å². The van der Waals surface area contributed by atoms with Gasteiger partial charge in [-0.25, -0.2) is 4.39 Å². The highest BCUT2D eigenvalue weighted by atomic mass is 79.9. The Balaban J connectivity index is 3.04. The van der Waals surface area contributed by atoms with Crippen molar-refractivity contribution in [1.82, 2.24) is 0 Å². The van der Waals surface area contributed by atoms with Crippen LogP contribution in [0, 0.1) is 5.82 Å². The molecule has 0 aliphatic heterocycles. The molecule has 0 atom stereocenters.